The molecule has 0 aliphatic heterocycles. The summed E-state index contributed by atoms with van der Waals surface area (Å²) in [5, 5.41) is 12.2. The van der Waals surface area contributed by atoms with Gasteiger partial charge in [0.15, 0.2) is 0 Å². The summed E-state index contributed by atoms with van der Waals surface area (Å²) >= 11 is 0. The average Bonchev–Trinajstić information content (AvgIpc) is 2.22. The van der Waals surface area contributed by atoms with Gasteiger partial charge in [0.25, 0.3) is 0 Å². The molecule has 0 radical (unpaired) electrons. The minimum Gasteiger partial charge on any atom is -0.312 e. The SMILES string of the molecule is N#Cc1ccc(F)cc1CNCC1CCC1. The Labute approximate surface area is 95.1 Å². The molecule has 84 valence electrons. The molecule has 0 saturated heterocycles. The monoisotopic (exact) mass is 218 g/mol. The molecular weight excluding hydrogens is 203 g/mol. The summed E-state index contributed by atoms with van der Waals surface area (Å²) in [6.07, 6.45) is 3.91. The quantitative estimate of drug-likeness (QED) is 0.843. The van der Waals surface area contributed by atoms with Crippen LogP contribution in [0.15, 0.2) is 18.2 Å². The van der Waals surface area contributed by atoms with Crippen molar-refractivity contribution >= 4 is 0 Å². The van der Waals surface area contributed by atoms with Crippen molar-refractivity contribution in [2.45, 2.75) is 25.8 Å². The van der Waals surface area contributed by atoms with Crippen molar-refractivity contribution in [1.29, 1.82) is 5.26 Å². The van der Waals surface area contributed by atoms with Crippen LogP contribution < -0.4 is 5.32 Å². The van der Waals surface area contributed by atoms with Gasteiger partial charge in [0.05, 0.1) is 11.6 Å². The third-order valence-corrected chi connectivity index (χ3v) is 3.16. The lowest BCUT2D eigenvalue weighted by molar-refractivity contribution is 0.301. The molecule has 0 heterocycles. The van der Waals surface area contributed by atoms with Gasteiger partial charge in [-0.3, -0.25) is 0 Å². The molecule has 1 N–H and O–H groups in total. The van der Waals surface area contributed by atoms with E-state index in [1.165, 1.54) is 37.5 Å². The maximum Gasteiger partial charge on any atom is 0.123 e. The molecular formula is C13H15FN2. The van der Waals surface area contributed by atoms with E-state index in [0.717, 1.165) is 18.0 Å². The molecule has 0 amide bonds. The molecule has 1 aromatic carbocycles. The van der Waals surface area contributed by atoms with Crippen LogP contribution in [0.2, 0.25) is 0 Å². The maximum absolute atomic E-state index is 13.0. The molecule has 1 aliphatic carbocycles. The number of rotatable bonds is 4. The van der Waals surface area contributed by atoms with Gasteiger partial charge in [-0.15, -0.1) is 0 Å². The first-order valence-electron chi connectivity index (χ1n) is 5.69. The molecule has 0 atom stereocenters. The van der Waals surface area contributed by atoms with E-state index in [1.807, 2.05) is 0 Å². The van der Waals surface area contributed by atoms with Crippen LogP contribution in [0.3, 0.4) is 0 Å². The molecule has 1 fully saturated rings. The Morgan fingerprint density at radius 2 is 2.25 bits per heavy atom. The van der Waals surface area contributed by atoms with Gasteiger partial charge in [0.2, 0.25) is 0 Å². The minimum absolute atomic E-state index is 0.278. The molecule has 1 aliphatic rings. The zero-order valence-electron chi connectivity index (χ0n) is 9.17. The zero-order chi connectivity index (χ0) is 11.4. The normalized spacial score (nSPS) is 15.5. The highest BCUT2D eigenvalue weighted by Gasteiger charge is 2.16. The number of nitriles is 1. The second-order valence-electron chi connectivity index (χ2n) is 4.34. The average molecular weight is 218 g/mol. The van der Waals surface area contributed by atoms with E-state index < -0.39 is 0 Å². The number of hydrogen-bond donors (Lipinski definition) is 1. The topological polar surface area (TPSA) is 35.8 Å². The summed E-state index contributed by atoms with van der Waals surface area (Å²) in [5.41, 5.74) is 1.31. The third-order valence-electron chi connectivity index (χ3n) is 3.16. The highest BCUT2D eigenvalue weighted by atomic mass is 19.1. The van der Waals surface area contributed by atoms with Crippen LogP contribution in [-0.2, 0) is 6.54 Å². The van der Waals surface area contributed by atoms with Crippen LogP contribution in [0, 0.1) is 23.1 Å². The van der Waals surface area contributed by atoms with Gasteiger partial charge >= 0.3 is 0 Å². The molecule has 0 bridgehead atoms. The molecule has 1 saturated carbocycles. The highest BCUT2D eigenvalue weighted by Crippen LogP contribution is 2.25. The second kappa shape index (κ2) is 5.09. The molecule has 2 nitrogen and oxygen atoms in total. The van der Waals surface area contributed by atoms with Gasteiger partial charge < -0.3 is 5.32 Å². The maximum atomic E-state index is 13.0. The fourth-order valence-electron chi connectivity index (χ4n) is 1.93. The molecule has 0 aromatic heterocycles. The van der Waals surface area contributed by atoms with E-state index in [1.54, 1.807) is 0 Å². The van der Waals surface area contributed by atoms with Crippen molar-refractivity contribution in [2.24, 2.45) is 5.92 Å². The number of nitrogens with zero attached hydrogens (tertiary/aromatic N) is 1. The lowest BCUT2D eigenvalue weighted by Gasteiger charge is -2.25. The lowest BCUT2D eigenvalue weighted by Crippen LogP contribution is -2.27. The van der Waals surface area contributed by atoms with Crippen molar-refractivity contribution in [3.8, 4) is 6.07 Å². The van der Waals surface area contributed by atoms with Gasteiger partial charge in [-0.1, -0.05) is 6.42 Å². The number of nitrogens with one attached hydrogen (secondary N) is 1. The first-order valence-corrected chi connectivity index (χ1v) is 5.69. The highest BCUT2D eigenvalue weighted by molar-refractivity contribution is 5.37. The molecule has 3 heteroatoms. The Morgan fingerprint density at radius 1 is 1.44 bits per heavy atom. The Bertz CT molecular complexity index is 405. The van der Waals surface area contributed by atoms with E-state index >= 15 is 0 Å². The smallest absolute Gasteiger partial charge is 0.123 e. The van der Waals surface area contributed by atoms with Crippen molar-refractivity contribution < 1.29 is 4.39 Å². The third kappa shape index (κ3) is 2.59. The molecule has 16 heavy (non-hydrogen) atoms. The van der Waals surface area contributed by atoms with Crippen molar-refractivity contribution in [1.82, 2.24) is 5.32 Å². The van der Waals surface area contributed by atoms with E-state index in [-0.39, 0.29) is 5.82 Å². The number of hydrogen-bond acceptors (Lipinski definition) is 2. The zero-order valence-corrected chi connectivity index (χ0v) is 9.17. The van der Waals surface area contributed by atoms with Gasteiger partial charge in [0.1, 0.15) is 5.82 Å². The molecule has 0 spiro atoms. The predicted octanol–water partition coefficient (Wildman–Crippen LogP) is 2.59. The Kier molecular flexibility index (Phi) is 3.53. The first-order chi connectivity index (χ1) is 7.79. The van der Waals surface area contributed by atoms with Crippen molar-refractivity contribution in [3.05, 3.63) is 35.1 Å². The van der Waals surface area contributed by atoms with E-state index in [9.17, 15) is 4.39 Å². The summed E-state index contributed by atoms with van der Waals surface area (Å²) in [5.74, 6) is 0.499. The van der Waals surface area contributed by atoms with Crippen LogP contribution in [0.1, 0.15) is 30.4 Å². The van der Waals surface area contributed by atoms with Crippen LogP contribution in [0.25, 0.3) is 0 Å². The Balaban J connectivity index is 1.91. The summed E-state index contributed by atoms with van der Waals surface area (Å²) < 4.78 is 13.0. The van der Waals surface area contributed by atoms with E-state index in [4.69, 9.17) is 5.26 Å². The van der Waals surface area contributed by atoms with Crippen LogP contribution in [0.5, 0.6) is 0 Å². The minimum atomic E-state index is -0.278. The van der Waals surface area contributed by atoms with Gasteiger partial charge in [-0.2, -0.15) is 5.26 Å². The largest absolute Gasteiger partial charge is 0.312 e. The molecule has 0 unspecified atom stereocenters. The van der Waals surface area contributed by atoms with Crippen molar-refractivity contribution in [3.63, 3.8) is 0 Å². The summed E-state index contributed by atoms with van der Waals surface area (Å²) in [7, 11) is 0. The van der Waals surface area contributed by atoms with Crippen molar-refractivity contribution in [2.75, 3.05) is 6.54 Å². The summed E-state index contributed by atoms with van der Waals surface area (Å²) in [6, 6.07) is 6.38. The van der Waals surface area contributed by atoms with Gasteiger partial charge in [-0.25, -0.2) is 4.39 Å². The molecule has 2 rings (SSSR count). The molecule has 1 aromatic rings. The summed E-state index contributed by atoms with van der Waals surface area (Å²) in [4.78, 5) is 0. The Hall–Kier alpha value is -1.40. The standard InChI is InChI=1S/C13H15FN2/c14-13-5-4-11(7-15)12(6-13)9-16-8-10-2-1-3-10/h4-6,10,16H,1-3,8-9H2. The van der Waals surface area contributed by atoms with Gasteiger partial charge in [-0.05, 0) is 49.1 Å². The van der Waals surface area contributed by atoms with Crippen LogP contribution in [-0.4, -0.2) is 6.54 Å². The fraction of sp³-hybridized carbons (Fsp3) is 0.462. The first kappa shape index (κ1) is 11.1. The lowest BCUT2D eigenvalue weighted by atomic mass is 9.85. The second-order valence-corrected chi connectivity index (χ2v) is 4.34. The van der Waals surface area contributed by atoms with E-state index in [2.05, 4.69) is 11.4 Å². The van der Waals surface area contributed by atoms with Crippen LogP contribution in [0.4, 0.5) is 4.39 Å². The van der Waals surface area contributed by atoms with E-state index in [0.29, 0.717) is 12.1 Å². The Morgan fingerprint density at radius 3 is 2.88 bits per heavy atom. The summed E-state index contributed by atoms with van der Waals surface area (Å²) in [6.45, 7) is 1.55. The fourth-order valence-corrected chi connectivity index (χ4v) is 1.93. The number of benzene rings is 1. The predicted molar refractivity (Wildman–Crippen MR) is 60.2 cm³/mol. The van der Waals surface area contributed by atoms with Crippen LogP contribution >= 0.6 is 0 Å². The van der Waals surface area contributed by atoms with Gasteiger partial charge in [0, 0.05) is 6.54 Å². The number of halogens is 1.